The van der Waals surface area contributed by atoms with Gasteiger partial charge in [-0.3, -0.25) is 4.79 Å². The average molecular weight is 305 g/mol. The molecule has 0 saturated carbocycles. The third-order valence-electron chi connectivity index (χ3n) is 3.97. The molecule has 1 aliphatic heterocycles. The number of nitrogens with zero attached hydrogens (tertiary/aromatic N) is 3. The quantitative estimate of drug-likeness (QED) is 0.942. The minimum Gasteiger partial charge on any atom is -0.396 e. The second-order valence-electron chi connectivity index (χ2n) is 5.57. The van der Waals surface area contributed by atoms with Crippen LogP contribution in [0.1, 0.15) is 21.9 Å². The minimum atomic E-state index is 0.0339. The van der Waals surface area contributed by atoms with E-state index in [-0.39, 0.29) is 18.4 Å². The van der Waals surface area contributed by atoms with E-state index in [1.54, 1.807) is 11.3 Å². The topological polar surface area (TPSA) is 58.4 Å². The van der Waals surface area contributed by atoms with Gasteiger partial charge in [-0.05, 0) is 19.4 Å². The van der Waals surface area contributed by atoms with E-state index in [1.807, 2.05) is 41.1 Å². The lowest BCUT2D eigenvalue weighted by atomic mass is 10.1. The molecular weight excluding hydrogens is 286 g/mol. The highest BCUT2D eigenvalue weighted by Crippen LogP contribution is 2.25. The molecule has 21 heavy (non-hydrogen) atoms. The van der Waals surface area contributed by atoms with Crippen molar-refractivity contribution in [2.75, 3.05) is 19.7 Å². The van der Waals surface area contributed by atoms with Crippen LogP contribution in [0.2, 0.25) is 0 Å². The van der Waals surface area contributed by atoms with E-state index in [2.05, 4.69) is 4.98 Å². The van der Waals surface area contributed by atoms with Crippen molar-refractivity contribution < 1.29 is 9.90 Å². The largest absolute Gasteiger partial charge is 0.396 e. The zero-order valence-corrected chi connectivity index (χ0v) is 13.1. The van der Waals surface area contributed by atoms with Crippen molar-refractivity contribution in [1.29, 1.82) is 0 Å². The number of carbonyl (C=O) groups is 1. The van der Waals surface area contributed by atoms with Crippen LogP contribution in [0.4, 0.5) is 0 Å². The monoisotopic (exact) mass is 305 g/mol. The van der Waals surface area contributed by atoms with E-state index in [0.717, 1.165) is 29.2 Å². The fourth-order valence-electron chi connectivity index (χ4n) is 2.74. The summed E-state index contributed by atoms with van der Waals surface area (Å²) in [7, 11) is 1.88. The SMILES string of the molecule is Cc1nc(-c2cc(C(=O)N3CCC(CO)C3)n(C)c2)cs1. The Morgan fingerprint density at radius 2 is 2.38 bits per heavy atom. The molecule has 2 aromatic heterocycles. The van der Waals surface area contributed by atoms with Gasteiger partial charge in [-0.2, -0.15) is 0 Å². The number of aromatic nitrogens is 2. The molecule has 0 spiro atoms. The molecule has 1 atom stereocenters. The Morgan fingerprint density at radius 1 is 1.57 bits per heavy atom. The molecule has 2 aromatic rings. The van der Waals surface area contributed by atoms with Crippen molar-refractivity contribution in [2.45, 2.75) is 13.3 Å². The molecule has 0 aliphatic carbocycles. The lowest BCUT2D eigenvalue weighted by molar-refractivity contribution is 0.0772. The summed E-state index contributed by atoms with van der Waals surface area (Å²) in [5.74, 6) is 0.251. The molecule has 1 saturated heterocycles. The highest BCUT2D eigenvalue weighted by molar-refractivity contribution is 7.09. The first-order chi connectivity index (χ1) is 10.1. The number of aliphatic hydroxyl groups is 1. The second kappa shape index (κ2) is 5.61. The molecule has 3 heterocycles. The van der Waals surface area contributed by atoms with Crippen molar-refractivity contribution in [3.05, 3.63) is 28.3 Å². The third-order valence-corrected chi connectivity index (χ3v) is 4.74. The smallest absolute Gasteiger partial charge is 0.270 e. The van der Waals surface area contributed by atoms with Gasteiger partial charge >= 0.3 is 0 Å². The lowest BCUT2D eigenvalue weighted by Crippen LogP contribution is -2.30. The minimum absolute atomic E-state index is 0.0339. The Hall–Kier alpha value is -1.66. The Morgan fingerprint density at radius 3 is 3.00 bits per heavy atom. The number of hydrogen-bond donors (Lipinski definition) is 1. The Bertz CT molecular complexity index is 662. The standard InChI is InChI=1S/C15H19N3O2S/c1-10-16-13(9-21-10)12-5-14(17(2)7-12)15(20)18-4-3-11(6-18)8-19/h5,7,9,11,19H,3-4,6,8H2,1-2H3. The van der Waals surface area contributed by atoms with Gasteiger partial charge in [0.1, 0.15) is 5.69 Å². The summed E-state index contributed by atoms with van der Waals surface area (Å²) in [6.07, 6.45) is 2.83. The molecule has 1 unspecified atom stereocenters. The van der Waals surface area contributed by atoms with E-state index in [9.17, 15) is 9.90 Å². The van der Waals surface area contributed by atoms with Crippen LogP contribution in [-0.4, -0.2) is 45.2 Å². The van der Waals surface area contributed by atoms with Crippen LogP contribution >= 0.6 is 11.3 Å². The van der Waals surface area contributed by atoms with Crippen LogP contribution < -0.4 is 0 Å². The molecule has 1 N–H and O–H groups in total. The van der Waals surface area contributed by atoms with Gasteiger partial charge in [0.15, 0.2) is 0 Å². The zero-order chi connectivity index (χ0) is 15.0. The van der Waals surface area contributed by atoms with Gasteiger partial charge in [-0.15, -0.1) is 11.3 Å². The van der Waals surface area contributed by atoms with Crippen LogP contribution in [0.15, 0.2) is 17.6 Å². The predicted molar refractivity (Wildman–Crippen MR) is 82.4 cm³/mol. The fraction of sp³-hybridized carbons (Fsp3) is 0.467. The summed E-state index contributed by atoms with van der Waals surface area (Å²) < 4.78 is 1.86. The predicted octanol–water partition coefficient (Wildman–Crippen LogP) is 1.91. The molecule has 1 aliphatic rings. The van der Waals surface area contributed by atoms with Crippen LogP contribution in [-0.2, 0) is 7.05 Å². The molecule has 6 heteroatoms. The Kier molecular flexibility index (Phi) is 3.82. The first-order valence-electron chi connectivity index (χ1n) is 7.07. The van der Waals surface area contributed by atoms with Gasteiger partial charge < -0.3 is 14.6 Å². The van der Waals surface area contributed by atoms with Gasteiger partial charge in [0.2, 0.25) is 0 Å². The molecule has 0 radical (unpaired) electrons. The van der Waals surface area contributed by atoms with Crippen molar-refractivity contribution >= 4 is 17.2 Å². The molecule has 3 rings (SSSR count). The first kappa shape index (κ1) is 14.3. The Labute approximate surface area is 127 Å². The van der Waals surface area contributed by atoms with Crippen LogP contribution in [0.25, 0.3) is 11.3 Å². The maximum absolute atomic E-state index is 12.6. The number of hydrogen-bond acceptors (Lipinski definition) is 4. The van der Waals surface area contributed by atoms with Gasteiger partial charge in [-0.25, -0.2) is 4.98 Å². The van der Waals surface area contributed by atoms with Crippen molar-refractivity contribution in [1.82, 2.24) is 14.5 Å². The number of aryl methyl sites for hydroxylation is 2. The normalized spacial score (nSPS) is 18.4. The summed E-state index contributed by atoms with van der Waals surface area (Å²) in [6.45, 7) is 3.49. The number of carbonyl (C=O) groups excluding carboxylic acids is 1. The Balaban J connectivity index is 1.83. The zero-order valence-electron chi connectivity index (χ0n) is 12.2. The van der Waals surface area contributed by atoms with Crippen molar-refractivity contribution in [3.8, 4) is 11.3 Å². The number of thiazole rings is 1. The molecule has 112 valence electrons. The summed E-state index contributed by atoms with van der Waals surface area (Å²) in [6, 6.07) is 1.91. The van der Waals surface area contributed by atoms with Gasteiger partial charge in [0.05, 0.1) is 10.7 Å². The molecule has 0 bridgehead atoms. The summed E-state index contributed by atoms with van der Waals surface area (Å²) >= 11 is 1.61. The van der Waals surface area contributed by atoms with E-state index in [4.69, 9.17) is 0 Å². The third kappa shape index (κ3) is 2.73. The maximum Gasteiger partial charge on any atom is 0.270 e. The maximum atomic E-state index is 12.6. The molecule has 5 nitrogen and oxygen atoms in total. The molecule has 1 fully saturated rings. The van der Waals surface area contributed by atoms with E-state index >= 15 is 0 Å². The highest BCUT2D eigenvalue weighted by Gasteiger charge is 2.28. The van der Waals surface area contributed by atoms with Crippen LogP contribution in [0.5, 0.6) is 0 Å². The van der Waals surface area contributed by atoms with Gasteiger partial charge in [0, 0.05) is 49.8 Å². The van der Waals surface area contributed by atoms with Crippen molar-refractivity contribution in [3.63, 3.8) is 0 Å². The van der Waals surface area contributed by atoms with E-state index in [1.165, 1.54) is 0 Å². The number of amides is 1. The second-order valence-corrected chi connectivity index (χ2v) is 6.63. The molecule has 1 amide bonds. The van der Waals surface area contributed by atoms with Crippen LogP contribution in [0, 0.1) is 12.8 Å². The first-order valence-corrected chi connectivity index (χ1v) is 7.95. The average Bonchev–Trinajstić information content (AvgIpc) is 3.17. The number of likely N-dealkylation sites (tertiary alicyclic amines) is 1. The van der Waals surface area contributed by atoms with E-state index in [0.29, 0.717) is 12.2 Å². The number of aliphatic hydroxyl groups excluding tert-OH is 1. The lowest BCUT2D eigenvalue weighted by Gasteiger charge is -2.16. The van der Waals surface area contributed by atoms with Gasteiger partial charge in [0.25, 0.3) is 5.91 Å². The fourth-order valence-corrected chi connectivity index (χ4v) is 3.36. The van der Waals surface area contributed by atoms with Crippen molar-refractivity contribution in [2.24, 2.45) is 13.0 Å². The summed E-state index contributed by atoms with van der Waals surface area (Å²) in [5.41, 5.74) is 2.57. The number of rotatable bonds is 3. The van der Waals surface area contributed by atoms with Crippen LogP contribution in [0.3, 0.4) is 0 Å². The summed E-state index contributed by atoms with van der Waals surface area (Å²) in [4.78, 5) is 18.9. The van der Waals surface area contributed by atoms with Gasteiger partial charge in [-0.1, -0.05) is 0 Å². The summed E-state index contributed by atoms with van der Waals surface area (Å²) in [5, 5.41) is 12.2. The molecule has 0 aromatic carbocycles. The highest BCUT2D eigenvalue weighted by atomic mass is 32.1. The van der Waals surface area contributed by atoms with E-state index < -0.39 is 0 Å². The molecular formula is C15H19N3O2S.